The van der Waals surface area contributed by atoms with Crippen molar-refractivity contribution in [3.05, 3.63) is 122 Å². The molecule has 0 radical (unpaired) electrons. The zero-order chi connectivity index (χ0) is 38.0. The Morgan fingerprint density at radius 2 is 0.904 bits per heavy atom. The molecule has 16 heteroatoms. The molecule has 0 bridgehead atoms. The van der Waals surface area contributed by atoms with Gasteiger partial charge in [0.15, 0.2) is 46.5 Å². The lowest BCUT2D eigenvalue weighted by Gasteiger charge is -2.34. The van der Waals surface area contributed by atoms with Crippen molar-refractivity contribution >= 4 is 40.1 Å². The summed E-state index contributed by atoms with van der Waals surface area (Å²) in [5, 5.41) is -1.60. The Hall–Kier alpha value is -6.06. The maximum atomic E-state index is 15.5. The number of nitrogens with zero attached hydrogens (tertiary/aromatic N) is 2. The van der Waals surface area contributed by atoms with E-state index in [1.54, 1.807) is 13.0 Å². The molecule has 52 heavy (non-hydrogen) atoms. The Morgan fingerprint density at radius 3 is 1.35 bits per heavy atom. The molecule has 2 heterocycles. The minimum Gasteiger partial charge on any atom is -0.277 e. The smallest absolute Gasteiger partial charge is 0.266 e. The van der Waals surface area contributed by atoms with Crippen LogP contribution in [0.1, 0.15) is 59.5 Å². The van der Waals surface area contributed by atoms with Crippen LogP contribution >= 0.6 is 0 Å². The van der Waals surface area contributed by atoms with Gasteiger partial charge in [-0.25, -0.2) is 48.8 Å². The number of halogens is 10. The Bertz CT molecular complexity index is 2530. The van der Waals surface area contributed by atoms with Gasteiger partial charge in [-0.3, -0.25) is 24.1 Å². The van der Waals surface area contributed by atoms with Gasteiger partial charge in [0.05, 0.1) is 27.9 Å². The molecular weight excluding hydrogens is 714 g/mol. The summed E-state index contributed by atoms with van der Waals surface area (Å²) in [5.74, 6) is -30.3. The number of amides is 4. The molecule has 0 aliphatic carbocycles. The second kappa shape index (κ2) is 11.5. The minimum atomic E-state index is -2.57. The fourth-order valence-corrected chi connectivity index (χ4v) is 6.79. The van der Waals surface area contributed by atoms with Crippen molar-refractivity contribution in [1.82, 2.24) is 4.90 Å². The lowest BCUT2D eigenvalue weighted by Crippen LogP contribution is -2.43. The summed E-state index contributed by atoms with van der Waals surface area (Å²) in [5.41, 5.74) is -8.94. The summed E-state index contributed by atoms with van der Waals surface area (Å²) in [7, 11) is 0.802. The quantitative estimate of drug-likeness (QED) is 0.0806. The highest BCUT2D eigenvalue weighted by atomic mass is 19.2. The van der Waals surface area contributed by atoms with Gasteiger partial charge >= 0.3 is 0 Å². The lowest BCUT2D eigenvalue weighted by molar-refractivity contribution is 0.0649. The van der Waals surface area contributed by atoms with Gasteiger partial charge in [-0.05, 0) is 36.6 Å². The first-order valence-electron chi connectivity index (χ1n) is 15.0. The number of benzene rings is 5. The fraction of sp³-hybridized carbons (Fsp3) is 0.111. The summed E-state index contributed by atoms with van der Waals surface area (Å²) in [6.07, 6.45) is 0.143. The predicted molar refractivity (Wildman–Crippen MR) is 163 cm³/mol. The van der Waals surface area contributed by atoms with Crippen LogP contribution in [-0.2, 0) is 6.42 Å². The summed E-state index contributed by atoms with van der Waals surface area (Å²) in [6, 6.07) is 5.46. The molecule has 0 atom stereocenters. The molecule has 2 aliphatic rings. The van der Waals surface area contributed by atoms with E-state index >= 15 is 17.6 Å². The molecule has 0 unspecified atom stereocenters. The van der Waals surface area contributed by atoms with E-state index in [0.29, 0.717) is 22.6 Å². The monoisotopic (exact) mass is 730 g/mol. The number of hydrogen-bond donors (Lipinski definition) is 0. The second-order valence-electron chi connectivity index (χ2n) is 11.9. The summed E-state index contributed by atoms with van der Waals surface area (Å²) >= 11 is 0. The number of carbonyl (C=O) groups excluding carboxylic acids is 4. The van der Waals surface area contributed by atoms with E-state index in [1.807, 2.05) is 0 Å². The van der Waals surface area contributed by atoms with Crippen LogP contribution in [0.3, 0.4) is 0 Å². The number of aryl methyl sites for hydroxylation is 2. The normalized spacial score (nSPS) is 14.0. The van der Waals surface area contributed by atoms with Crippen molar-refractivity contribution < 1.29 is 63.1 Å². The maximum Gasteiger partial charge on any atom is 0.266 e. The number of anilines is 1. The van der Waals surface area contributed by atoms with Crippen LogP contribution in [0.2, 0.25) is 0 Å². The first-order chi connectivity index (χ1) is 24.5. The number of para-hydroxylation sites is 1. The number of imide groups is 2. The van der Waals surface area contributed by atoms with Crippen molar-refractivity contribution in [3.8, 4) is 22.3 Å². The average Bonchev–Trinajstić information content (AvgIpc) is 3.12. The molecule has 0 N–H and O–H groups in total. The first-order valence-corrected chi connectivity index (χ1v) is 15.0. The topological polar surface area (TPSA) is 74.8 Å². The third-order valence-electron chi connectivity index (χ3n) is 9.19. The number of carbonyl (C=O) groups is 4. The molecule has 0 spiro atoms. The predicted octanol–water partition coefficient (Wildman–Crippen LogP) is 8.46. The van der Waals surface area contributed by atoms with E-state index < -0.39 is 137 Å². The molecule has 7 rings (SSSR count). The van der Waals surface area contributed by atoms with E-state index in [1.165, 1.54) is 19.1 Å². The van der Waals surface area contributed by atoms with E-state index in [2.05, 4.69) is 0 Å². The molecule has 0 saturated carbocycles. The molecular formula is C36H16F10N2O4. The van der Waals surface area contributed by atoms with Crippen molar-refractivity contribution in [2.75, 3.05) is 11.9 Å². The number of rotatable bonds is 4. The van der Waals surface area contributed by atoms with Gasteiger partial charge < -0.3 is 0 Å². The highest BCUT2D eigenvalue weighted by Crippen LogP contribution is 2.49. The van der Waals surface area contributed by atoms with E-state index in [9.17, 15) is 45.5 Å². The van der Waals surface area contributed by atoms with Crippen molar-refractivity contribution in [1.29, 1.82) is 0 Å². The zero-order valence-corrected chi connectivity index (χ0v) is 26.4. The van der Waals surface area contributed by atoms with Crippen molar-refractivity contribution in [2.24, 2.45) is 0 Å². The minimum absolute atomic E-state index is 0.132. The summed E-state index contributed by atoms with van der Waals surface area (Å²) in [4.78, 5) is 57.1. The molecule has 264 valence electrons. The third-order valence-corrected chi connectivity index (χ3v) is 9.19. The van der Waals surface area contributed by atoms with Crippen LogP contribution in [0.15, 0.2) is 30.3 Å². The first kappa shape index (κ1) is 34.4. The zero-order valence-electron chi connectivity index (χ0n) is 26.4. The van der Waals surface area contributed by atoms with E-state index in [0.717, 1.165) is 7.05 Å². The van der Waals surface area contributed by atoms with Crippen LogP contribution in [0.5, 0.6) is 0 Å². The third kappa shape index (κ3) is 4.26. The standard InChI is InChI=1S/C36H16F10N2O4/c1-4-11-7-5-6-10(2)32(11)48-34(50)15-9-12(20-22(37)26(41)30(45)27(42)23(20)38)18-16-14(33(49)47(3)35(18)51)8-13(19(17(15)16)36(48)52)21-24(39)28(43)31(46)29(44)25(21)40/h5-9H,4H2,1-3H3. The fourth-order valence-electron chi connectivity index (χ4n) is 6.79. The maximum absolute atomic E-state index is 15.5. The van der Waals surface area contributed by atoms with Gasteiger partial charge in [-0.1, -0.05) is 25.1 Å². The van der Waals surface area contributed by atoms with E-state index in [4.69, 9.17) is 0 Å². The number of hydrogen-bond acceptors (Lipinski definition) is 4. The summed E-state index contributed by atoms with van der Waals surface area (Å²) in [6.45, 7) is 3.06. The average molecular weight is 731 g/mol. The molecule has 2 aliphatic heterocycles. The van der Waals surface area contributed by atoms with Gasteiger partial charge in [-0.2, -0.15) is 0 Å². The van der Waals surface area contributed by atoms with Crippen molar-refractivity contribution in [2.45, 2.75) is 20.3 Å². The molecule has 0 aromatic heterocycles. The SMILES string of the molecule is CCc1cccc(C)c1N1C(=O)c2cc(-c3c(F)c(F)c(F)c(F)c3F)c3c4c(cc(-c5c(F)c(F)c(F)c(F)c5F)c(c24)C1=O)C(=O)N(C)C3=O. The van der Waals surface area contributed by atoms with Gasteiger partial charge in [0.1, 0.15) is 0 Å². The highest BCUT2D eigenvalue weighted by molar-refractivity contribution is 6.42. The second-order valence-corrected chi connectivity index (χ2v) is 11.9. The van der Waals surface area contributed by atoms with Gasteiger partial charge in [0.25, 0.3) is 23.6 Å². The van der Waals surface area contributed by atoms with Crippen LogP contribution < -0.4 is 4.90 Å². The van der Waals surface area contributed by atoms with Gasteiger partial charge in [0, 0.05) is 40.1 Å². The van der Waals surface area contributed by atoms with Gasteiger partial charge in [0.2, 0.25) is 11.6 Å². The largest absolute Gasteiger partial charge is 0.277 e. The lowest BCUT2D eigenvalue weighted by atomic mass is 9.78. The van der Waals surface area contributed by atoms with Crippen LogP contribution in [-0.4, -0.2) is 35.6 Å². The van der Waals surface area contributed by atoms with Crippen molar-refractivity contribution in [3.63, 3.8) is 0 Å². The highest BCUT2D eigenvalue weighted by Gasteiger charge is 2.45. The molecule has 6 nitrogen and oxygen atoms in total. The molecule has 0 fully saturated rings. The molecule has 5 aromatic carbocycles. The summed E-state index contributed by atoms with van der Waals surface area (Å²) < 4.78 is 149. The Labute approximate surface area is 284 Å². The molecule has 0 saturated heterocycles. The van der Waals surface area contributed by atoms with Crippen LogP contribution in [0, 0.1) is 65.1 Å². The van der Waals surface area contributed by atoms with Gasteiger partial charge in [-0.15, -0.1) is 0 Å². The molecule has 4 amide bonds. The van der Waals surface area contributed by atoms with E-state index in [-0.39, 0.29) is 22.6 Å². The Kier molecular flexibility index (Phi) is 7.59. The van der Waals surface area contributed by atoms with Crippen LogP contribution in [0.25, 0.3) is 33.0 Å². The van der Waals surface area contributed by atoms with Crippen LogP contribution in [0.4, 0.5) is 49.6 Å². The molecule has 5 aromatic rings. The Balaban J connectivity index is 1.76. The Morgan fingerprint density at radius 1 is 0.500 bits per heavy atom.